The second kappa shape index (κ2) is 16.7. The van der Waals surface area contributed by atoms with Crippen LogP contribution in [0.15, 0.2) is 95.9 Å². The summed E-state index contributed by atoms with van der Waals surface area (Å²) >= 11 is 0. The van der Waals surface area contributed by atoms with Crippen molar-refractivity contribution < 1.29 is 37.0 Å². The quantitative estimate of drug-likeness (QED) is 0.164. The standard InChI is InChI=1S/C39H47N3O8S/c1-27-13-12-16-29(21-27)25-41(33(38(44)40-39(2,3)4)22-28-14-10-9-11-15-28)37(43)26-42(32-23-30(47-5)17-19-34(32)48-6)51(45,46)31-18-20-35(49-7)36(24-31)50-8/h9-21,23-24,33H,22,25-26H2,1-8H3,(H,40,44). The van der Waals surface area contributed by atoms with E-state index in [0.717, 1.165) is 21.0 Å². The van der Waals surface area contributed by atoms with E-state index in [2.05, 4.69) is 5.32 Å². The Labute approximate surface area is 301 Å². The van der Waals surface area contributed by atoms with E-state index < -0.39 is 34.1 Å². The maximum atomic E-state index is 14.9. The third kappa shape index (κ3) is 9.72. The number of hydrogen-bond acceptors (Lipinski definition) is 8. The average molecular weight is 718 g/mol. The molecule has 0 radical (unpaired) electrons. The van der Waals surface area contributed by atoms with Crippen LogP contribution in [0.1, 0.15) is 37.5 Å². The number of hydrogen-bond donors (Lipinski definition) is 1. The molecule has 1 unspecified atom stereocenters. The van der Waals surface area contributed by atoms with Gasteiger partial charge in [-0.3, -0.25) is 13.9 Å². The van der Waals surface area contributed by atoms with Crippen LogP contribution in [-0.4, -0.2) is 71.7 Å². The van der Waals surface area contributed by atoms with Crippen LogP contribution < -0.4 is 28.6 Å². The van der Waals surface area contributed by atoms with Gasteiger partial charge in [-0.25, -0.2) is 8.42 Å². The van der Waals surface area contributed by atoms with Gasteiger partial charge in [0, 0.05) is 30.6 Å². The van der Waals surface area contributed by atoms with Gasteiger partial charge in [0.2, 0.25) is 11.8 Å². The summed E-state index contributed by atoms with van der Waals surface area (Å²) in [5.74, 6) is 0.0513. The third-order valence-electron chi connectivity index (χ3n) is 8.08. The first-order valence-electron chi connectivity index (χ1n) is 16.4. The Morgan fingerprint density at radius 1 is 0.745 bits per heavy atom. The van der Waals surface area contributed by atoms with Crippen molar-refractivity contribution in [1.82, 2.24) is 10.2 Å². The number of carbonyl (C=O) groups excluding carboxylic acids is 2. The summed E-state index contributed by atoms with van der Waals surface area (Å²) in [7, 11) is 1.21. The molecule has 0 heterocycles. The molecule has 2 amide bonds. The van der Waals surface area contributed by atoms with Gasteiger partial charge in [0.1, 0.15) is 24.1 Å². The van der Waals surface area contributed by atoms with Crippen LogP contribution in [-0.2, 0) is 32.6 Å². The van der Waals surface area contributed by atoms with Crippen molar-refractivity contribution in [3.05, 3.63) is 108 Å². The summed E-state index contributed by atoms with van der Waals surface area (Å²) in [6.45, 7) is 6.89. The van der Waals surface area contributed by atoms with Crippen LogP contribution in [0.4, 0.5) is 5.69 Å². The molecule has 272 valence electrons. The molecule has 0 fully saturated rings. The SMILES string of the molecule is COc1ccc(OC)c(N(CC(=O)N(Cc2cccc(C)c2)C(Cc2ccccc2)C(=O)NC(C)(C)C)S(=O)(=O)c2ccc(OC)c(OC)c2)c1. The zero-order valence-corrected chi connectivity index (χ0v) is 31.2. The maximum absolute atomic E-state index is 14.9. The first kappa shape index (κ1) is 38.6. The van der Waals surface area contributed by atoms with Crippen molar-refractivity contribution in [1.29, 1.82) is 0 Å². The van der Waals surface area contributed by atoms with Gasteiger partial charge in [-0.2, -0.15) is 0 Å². The number of carbonyl (C=O) groups is 2. The smallest absolute Gasteiger partial charge is 0.265 e. The summed E-state index contributed by atoms with van der Waals surface area (Å²) in [5, 5.41) is 3.04. The molecule has 0 aliphatic carbocycles. The number of methoxy groups -OCH3 is 4. The Morgan fingerprint density at radius 2 is 1.39 bits per heavy atom. The molecule has 51 heavy (non-hydrogen) atoms. The van der Waals surface area contributed by atoms with Crippen molar-refractivity contribution in [3.8, 4) is 23.0 Å². The number of nitrogens with zero attached hydrogens (tertiary/aromatic N) is 2. The highest BCUT2D eigenvalue weighted by molar-refractivity contribution is 7.92. The van der Waals surface area contributed by atoms with Gasteiger partial charge >= 0.3 is 0 Å². The van der Waals surface area contributed by atoms with E-state index in [4.69, 9.17) is 18.9 Å². The molecule has 0 spiro atoms. The molecular weight excluding hydrogens is 671 g/mol. The number of rotatable bonds is 15. The van der Waals surface area contributed by atoms with Gasteiger partial charge in [0.25, 0.3) is 10.0 Å². The minimum absolute atomic E-state index is 0.0368. The lowest BCUT2D eigenvalue weighted by Gasteiger charge is -2.35. The molecule has 1 atom stereocenters. The lowest BCUT2D eigenvalue weighted by molar-refractivity contribution is -0.140. The van der Waals surface area contributed by atoms with Crippen LogP contribution in [0.3, 0.4) is 0 Å². The van der Waals surface area contributed by atoms with Gasteiger partial charge in [-0.15, -0.1) is 0 Å². The summed E-state index contributed by atoms with van der Waals surface area (Å²) in [4.78, 5) is 30.3. The zero-order valence-electron chi connectivity index (χ0n) is 30.4. The molecule has 4 rings (SSSR count). The molecule has 0 aromatic heterocycles. The number of aryl methyl sites for hydroxylation is 1. The van der Waals surface area contributed by atoms with Crippen molar-refractivity contribution in [2.24, 2.45) is 0 Å². The Hall–Kier alpha value is -5.23. The monoisotopic (exact) mass is 717 g/mol. The Morgan fingerprint density at radius 3 is 2.00 bits per heavy atom. The average Bonchev–Trinajstić information content (AvgIpc) is 3.10. The highest BCUT2D eigenvalue weighted by atomic mass is 32.2. The first-order valence-corrected chi connectivity index (χ1v) is 17.8. The van der Waals surface area contributed by atoms with Crippen LogP contribution in [0.2, 0.25) is 0 Å². The van der Waals surface area contributed by atoms with Crippen LogP contribution in [0.25, 0.3) is 0 Å². The lowest BCUT2D eigenvalue weighted by atomic mass is 10.0. The van der Waals surface area contributed by atoms with Gasteiger partial charge < -0.3 is 29.2 Å². The third-order valence-corrected chi connectivity index (χ3v) is 9.84. The van der Waals surface area contributed by atoms with E-state index in [9.17, 15) is 18.0 Å². The molecule has 11 nitrogen and oxygen atoms in total. The van der Waals surface area contributed by atoms with E-state index in [1.807, 2.05) is 82.3 Å². The topological polar surface area (TPSA) is 124 Å². The highest BCUT2D eigenvalue weighted by Gasteiger charge is 2.37. The number of amides is 2. The fourth-order valence-corrected chi connectivity index (χ4v) is 7.06. The molecule has 0 aliphatic heterocycles. The number of anilines is 1. The lowest BCUT2D eigenvalue weighted by Crippen LogP contribution is -2.56. The van der Waals surface area contributed by atoms with Crippen molar-refractivity contribution in [3.63, 3.8) is 0 Å². The summed E-state index contributed by atoms with van der Waals surface area (Å²) in [6.07, 6.45) is 0.186. The molecule has 1 N–H and O–H groups in total. The molecule has 0 saturated heterocycles. The highest BCUT2D eigenvalue weighted by Crippen LogP contribution is 2.38. The van der Waals surface area contributed by atoms with Crippen LogP contribution >= 0.6 is 0 Å². The number of nitrogens with one attached hydrogen (secondary N) is 1. The minimum Gasteiger partial charge on any atom is -0.497 e. The van der Waals surface area contributed by atoms with Crippen molar-refractivity contribution >= 4 is 27.5 Å². The van der Waals surface area contributed by atoms with E-state index in [-0.39, 0.29) is 41.0 Å². The van der Waals surface area contributed by atoms with Crippen LogP contribution in [0.5, 0.6) is 23.0 Å². The normalized spacial score (nSPS) is 12.0. The molecule has 4 aromatic rings. The number of ether oxygens (including phenoxy) is 4. The molecule has 0 saturated carbocycles. The molecule has 12 heteroatoms. The Kier molecular flexibility index (Phi) is 12.6. The number of sulfonamides is 1. The molecule has 0 aliphatic rings. The van der Waals surface area contributed by atoms with E-state index in [0.29, 0.717) is 11.5 Å². The number of benzene rings is 4. The Bertz CT molecular complexity index is 1930. The van der Waals surface area contributed by atoms with Gasteiger partial charge in [0.15, 0.2) is 11.5 Å². The zero-order chi connectivity index (χ0) is 37.3. The summed E-state index contributed by atoms with van der Waals surface area (Å²) < 4.78 is 52.2. The molecule has 0 bridgehead atoms. The second-order valence-electron chi connectivity index (χ2n) is 13.0. The molecule has 4 aromatic carbocycles. The van der Waals surface area contributed by atoms with Crippen molar-refractivity contribution in [2.45, 2.75) is 57.1 Å². The van der Waals surface area contributed by atoms with Gasteiger partial charge in [0.05, 0.1) is 39.0 Å². The summed E-state index contributed by atoms with van der Waals surface area (Å²) in [5.41, 5.74) is 2.03. The Balaban J connectivity index is 1.91. The fourth-order valence-electron chi connectivity index (χ4n) is 5.62. The minimum atomic E-state index is -4.50. The van der Waals surface area contributed by atoms with E-state index >= 15 is 0 Å². The van der Waals surface area contributed by atoms with E-state index in [1.165, 1.54) is 57.6 Å². The van der Waals surface area contributed by atoms with Crippen molar-refractivity contribution in [2.75, 3.05) is 39.3 Å². The first-order chi connectivity index (χ1) is 24.2. The fraction of sp³-hybridized carbons (Fsp3) is 0.333. The summed E-state index contributed by atoms with van der Waals surface area (Å²) in [6, 6.07) is 24.9. The maximum Gasteiger partial charge on any atom is 0.265 e. The predicted octanol–water partition coefficient (Wildman–Crippen LogP) is 5.78. The molecular formula is C39H47N3O8S. The predicted molar refractivity (Wildman–Crippen MR) is 197 cm³/mol. The second-order valence-corrected chi connectivity index (χ2v) is 14.9. The van der Waals surface area contributed by atoms with E-state index in [1.54, 1.807) is 12.1 Å². The van der Waals surface area contributed by atoms with Gasteiger partial charge in [-0.05, 0) is 63.1 Å². The van der Waals surface area contributed by atoms with Gasteiger partial charge in [-0.1, -0.05) is 60.2 Å². The largest absolute Gasteiger partial charge is 0.497 e. The van der Waals surface area contributed by atoms with Crippen LogP contribution in [0, 0.1) is 6.92 Å².